The first kappa shape index (κ1) is 16.6. The second-order valence-electron chi connectivity index (χ2n) is 6.50. The molecule has 6 heteroatoms. The Morgan fingerprint density at radius 2 is 2.08 bits per heavy atom. The second kappa shape index (κ2) is 6.80. The number of benzene rings is 1. The van der Waals surface area contributed by atoms with Crippen LogP contribution in [0.25, 0.3) is 10.9 Å². The zero-order valence-corrected chi connectivity index (χ0v) is 14.8. The number of amides is 1. The van der Waals surface area contributed by atoms with Crippen LogP contribution in [0.4, 0.5) is 0 Å². The molecule has 1 amide bonds. The van der Waals surface area contributed by atoms with Crippen LogP contribution >= 0.6 is 0 Å². The first-order valence-corrected chi connectivity index (χ1v) is 8.68. The molecule has 132 valence electrons. The second-order valence-corrected chi connectivity index (χ2v) is 6.50. The first-order valence-electron chi connectivity index (χ1n) is 8.68. The molecule has 1 saturated heterocycles. The van der Waals surface area contributed by atoms with E-state index >= 15 is 0 Å². The summed E-state index contributed by atoms with van der Waals surface area (Å²) in [5, 5.41) is 0.963. The van der Waals surface area contributed by atoms with Crippen LogP contribution in [0.1, 0.15) is 33.7 Å². The van der Waals surface area contributed by atoms with Crippen LogP contribution in [0.5, 0.6) is 0 Å². The van der Waals surface area contributed by atoms with Gasteiger partial charge < -0.3 is 9.64 Å². The van der Waals surface area contributed by atoms with Crippen molar-refractivity contribution >= 4 is 16.8 Å². The van der Waals surface area contributed by atoms with Gasteiger partial charge >= 0.3 is 0 Å². The molecule has 6 nitrogen and oxygen atoms in total. The Bertz CT molecular complexity index is 953. The average Bonchev–Trinajstić information content (AvgIpc) is 2.66. The van der Waals surface area contributed by atoms with Crippen molar-refractivity contribution in [1.82, 2.24) is 19.9 Å². The molecule has 0 N–H and O–H groups in total. The minimum Gasteiger partial charge on any atom is -0.368 e. The largest absolute Gasteiger partial charge is 0.368 e. The highest BCUT2D eigenvalue weighted by Crippen LogP contribution is 2.23. The minimum atomic E-state index is -0.227. The van der Waals surface area contributed by atoms with Gasteiger partial charge in [0, 0.05) is 29.4 Å². The molecule has 4 rings (SSSR count). The molecule has 3 heterocycles. The van der Waals surface area contributed by atoms with Crippen molar-refractivity contribution in [2.75, 3.05) is 19.7 Å². The number of aryl methyl sites for hydroxylation is 2. The molecule has 0 bridgehead atoms. The summed E-state index contributed by atoms with van der Waals surface area (Å²) in [6.07, 6.45) is 1.53. The SMILES string of the molecule is Cc1cc(C2CN(C(=O)c3ccc4ncccc4c3)CCO2)nc(C)n1. The molecule has 1 unspecified atom stereocenters. The third-order valence-corrected chi connectivity index (χ3v) is 4.52. The monoisotopic (exact) mass is 348 g/mol. The number of pyridine rings is 1. The lowest BCUT2D eigenvalue weighted by molar-refractivity contribution is -0.0248. The number of hydrogen-bond donors (Lipinski definition) is 0. The number of fused-ring (bicyclic) bond motifs is 1. The maximum atomic E-state index is 13.0. The minimum absolute atomic E-state index is 0.00607. The van der Waals surface area contributed by atoms with Gasteiger partial charge in [-0.3, -0.25) is 9.78 Å². The van der Waals surface area contributed by atoms with Gasteiger partial charge in [0.15, 0.2) is 0 Å². The van der Waals surface area contributed by atoms with Crippen LogP contribution in [0.3, 0.4) is 0 Å². The van der Waals surface area contributed by atoms with Crippen molar-refractivity contribution in [2.24, 2.45) is 0 Å². The van der Waals surface area contributed by atoms with Gasteiger partial charge in [-0.1, -0.05) is 6.07 Å². The molecular weight excluding hydrogens is 328 g/mol. The number of hydrogen-bond acceptors (Lipinski definition) is 5. The van der Waals surface area contributed by atoms with Crippen molar-refractivity contribution in [3.05, 3.63) is 65.4 Å². The molecule has 2 aromatic heterocycles. The van der Waals surface area contributed by atoms with Gasteiger partial charge in [0.2, 0.25) is 0 Å². The molecule has 1 fully saturated rings. The molecule has 0 saturated carbocycles. The van der Waals surface area contributed by atoms with E-state index in [1.807, 2.05) is 55.1 Å². The zero-order chi connectivity index (χ0) is 18.1. The number of ether oxygens (including phenoxy) is 1. The molecule has 1 aliphatic rings. The van der Waals surface area contributed by atoms with E-state index in [-0.39, 0.29) is 12.0 Å². The molecule has 1 aromatic carbocycles. The summed E-state index contributed by atoms with van der Waals surface area (Å²) in [5.41, 5.74) is 3.29. The molecule has 26 heavy (non-hydrogen) atoms. The van der Waals surface area contributed by atoms with Crippen molar-refractivity contribution in [2.45, 2.75) is 20.0 Å². The normalized spacial score (nSPS) is 17.5. The van der Waals surface area contributed by atoms with Gasteiger partial charge in [-0.05, 0) is 44.2 Å². The molecule has 1 atom stereocenters. The van der Waals surface area contributed by atoms with Gasteiger partial charge in [0.05, 0.1) is 24.4 Å². The summed E-state index contributed by atoms with van der Waals surface area (Å²) in [5.74, 6) is 0.723. The standard InChI is InChI=1S/C20H20N4O2/c1-13-10-18(23-14(2)22-13)19-12-24(8-9-26-19)20(25)16-5-6-17-15(11-16)4-3-7-21-17/h3-7,10-11,19H,8-9,12H2,1-2H3. The quantitative estimate of drug-likeness (QED) is 0.712. The number of nitrogens with zero attached hydrogens (tertiary/aromatic N) is 4. The highest BCUT2D eigenvalue weighted by molar-refractivity contribution is 5.98. The van der Waals surface area contributed by atoms with E-state index in [0.29, 0.717) is 31.1 Å². The lowest BCUT2D eigenvalue weighted by Gasteiger charge is -2.33. The van der Waals surface area contributed by atoms with Crippen LogP contribution in [0.15, 0.2) is 42.6 Å². The van der Waals surface area contributed by atoms with Crippen LogP contribution in [0, 0.1) is 13.8 Å². The Hall–Kier alpha value is -2.86. The third-order valence-electron chi connectivity index (χ3n) is 4.52. The van der Waals surface area contributed by atoms with Gasteiger partial charge in [-0.25, -0.2) is 9.97 Å². The maximum absolute atomic E-state index is 13.0. The lowest BCUT2D eigenvalue weighted by Crippen LogP contribution is -2.42. The van der Waals surface area contributed by atoms with Gasteiger partial charge in [-0.15, -0.1) is 0 Å². The van der Waals surface area contributed by atoms with E-state index in [2.05, 4.69) is 15.0 Å². The molecule has 3 aromatic rings. The number of carbonyl (C=O) groups excluding carboxylic acids is 1. The summed E-state index contributed by atoms with van der Waals surface area (Å²) >= 11 is 0. The zero-order valence-electron chi connectivity index (χ0n) is 14.8. The fraction of sp³-hybridized carbons (Fsp3) is 0.300. The summed E-state index contributed by atoms with van der Waals surface area (Å²) in [6.45, 7) is 5.36. The maximum Gasteiger partial charge on any atom is 0.254 e. The smallest absolute Gasteiger partial charge is 0.254 e. The van der Waals surface area contributed by atoms with Gasteiger partial charge in [0.25, 0.3) is 5.91 Å². The Balaban J connectivity index is 1.57. The number of aromatic nitrogens is 3. The van der Waals surface area contributed by atoms with Crippen LogP contribution < -0.4 is 0 Å². The van der Waals surface area contributed by atoms with Crippen LogP contribution in [0.2, 0.25) is 0 Å². The van der Waals surface area contributed by atoms with E-state index in [4.69, 9.17) is 4.74 Å². The third kappa shape index (κ3) is 3.28. The fourth-order valence-electron chi connectivity index (χ4n) is 3.31. The summed E-state index contributed by atoms with van der Waals surface area (Å²) in [6, 6.07) is 11.4. The van der Waals surface area contributed by atoms with E-state index in [1.54, 1.807) is 6.20 Å². The van der Waals surface area contributed by atoms with Crippen molar-refractivity contribution < 1.29 is 9.53 Å². The summed E-state index contributed by atoms with van der Waals surface area (Å²) in [4.78, 5) is 27.9. The van der Waals surface area contributed by atoms with Crippen LogP contribution in [-0.2, 0) is 4.74 Å². The number of morpholine rings is 1. The number of rotatable bonds is 2. The molecule has 0 aliphatic carbocycles. The Morgan fingerprint density at radius 1 is 1.19 bits per heavy atom. The van der Waals surface area contributed by atoms with Gasteiger partial charge in [0.1, 0.15) is 11.9 Å². The van der Waals surface area contributed by atoms with Crippen LogP contribution in [-0.4, -0.2) is 45.5 Å². The topological polar surface area (TPSA) is 68.2 Å². The Kier molecular flexibility index (Phi) is 4.34. The fourth-order valence-corrected chi connectivity index (χ4v) is 3.31. The van der Waals surface area contributed by atoms with Crippen molar-refractivity contribution in [3.63, 3.8) is 0 Å². The highest BCUT2D eigenvalue weighted by Gasteiger charge is 2.27. The number of carbonyl (C=O) groups is 1. The van der Waals surface area contributed by atoms with Gasteiger partial charge in [-0.2, -0.15) is 0 Å². The predicted octanol–water partition coefficient (Wildman–Crippen LogP) is 2.86. The molecule has 0 spiro atoms. The highest BCUT2D eigenvalue weighted by atomic mass is 16.5. The lowest BCUT2D eigenvalue weighted by atomic mass is 10.1. The Morgan fingerprint density at radius 3 is 2.92 bits per heavy atom. The van der Waals surface area contributed by atoms with E-state index < -0.39 is 0 Å². The van der Waals surface area contributed by atoms with E-state index in [0.717, 1.165) is 22.3 Å². The first-order chi connectivity index (χ1) is 12.6. The summed E-state index contributed by atoms with van der Waals surface area (Å²) in [7, 11) is 0. The van der Waals surface area contributed by atoms with E-state index in [1.165, 1.54) is 0 Å². The predicted molar refractivity (Wildman–Crippen MR) is 97.8 cm³/mol. The van der Waals surface area contributed by atoms with Crippen molar-refractivity contribution in [1.29, 1.82) is 0 Å². The molecular formula is C20H20N4O2. The van der Waals surface area contributed by atoms with Crippen molar-refractivity contribution in [3.8, 4) is 0 Å². The summed E-state index contributed by atoms with van der Waals surface area (Å²) < 4.78 is 5.87. The average molecular weight is 348 g/mol. The Labute approximate surface area is 151 Å². The molecule has 1 aliphatic heterocycles. The van der Waals surface area contributed by atoms with E-state index in [9.17, 15) is 4.79 Å². The molecule has 0 radical (unpaired) electrons.